The summed E-state index contributed by atoms with van der Waals surface area (Å²) in [7, 11) is 0. The van der Waals surface area contributed by atoms with Crippen LogP contribution in [0.5, 0.6) is 0 Å². The average molecular weight is 260 g/mol. The Labute approximate surface area is 110 Å². The standard InChI is InChI=1S/C13H28N2OS/c1-13(2,3)14-9-11(16)10-15-7-5-12(17-4)6-8-15/h11-12,14,16H,5-10H2,1-4H3. The summed E-state index contributed by atoms with van der Waals surface area (Å²) in [5.41, 5.74) is 0.0901. The van der Waals surface area contributed by atoms with Crippen molar-refractivity contribution in [1.82, 2.24) is 10.2 Å². The molecule has 1 aliphatic rings. The summed E-state index contributed by atoms with van der Waals surface area (Å²) in [5.74, 6) is 0. The first-order chi connectivity index (χ1) is 7.90. The lowest BCUT2D eigenvalue weighted by molar-refractivity contribution is 0.0959. The molecule has 0 aromatic rings. The molecule has 0 aliphatic carbocycles. The summed E-state index contributed by atoms with van der Waals surface area (Å²) in [4.78, 5) is 2.39. The minimum absolute atomic E-state index is 0.0901. The minimum Gasteiger partial charge on any atom is -0.390 e. The summed E-state index contributed by atoms with van der Waals surface area (Å²) in [6, 6.07) is 0. The monoisotopic (exact) mass is 260 g/mol. The van der Waals surface area contributed by atoms with Gasteiger partial charge in [-0.3, -0.25) is 0 Å². The molecule has 2 N–H and O–H groups in total. The van der Waals surface area contributed by atoms with Crippen LogP contribution in [0.4, 0.5) is 0 Å². The zero-order valence-electron chi connectivity index (χ0n) is 11.7. The third-order valence-corrected chi connectivity index (χ3v) is 4.34. The zero-order valence-corrected chi connectivity index (χ0v) is 12.5. The number of thioether (sulfide) groups is 1. The largest absolute Gasteiger partial charge is 0.390 e. The van der Waals surface area contributed by atoms with Crippen molar-refractivity contribution in [3.8, 4) is 0 Å². The molecule has 0 radical (unpaired) electrons. The number of β-amino-alcohol motifs (C(OH)–C–C–N with tert-alkyl or cyclic N) is 1. The molecule has 4 heteroatoms. The van der Waals surface area contributed by atoms with E-state index in [0.29, 0.717) is 6.54 Å². The van der Waals surface area contributed by atoms with Crippen LogP contribution in [0.1, 0.15) is 33.6 Å². The lowest BCUT2D eigenvalue weighted by Crippen LogP contribution is -2.46. The molecule has 0 aromatic carbocycles. The van der Waals surface area contributed by atoms with E-state index < -0.39 is 0 Å². The highest BCUT2D eigenvalue weighted by Crippen LogP contribution is 2.20. The van der Waals surface area contributed by atoms with Crippen LogP contribution in [0.2, 0.25) is 0 Å². The fourth-order valence-corrected chi connectivity index (χ4v) is 2.80. The molecule has 0 aromatic heterocycles. The van der Waals surface area contributed by atoms with Crippen LogP contribution >= 0.6 is 11.8 Å². The van der Waals surface area contributed by atoms with Crippen molar-refractivity contribution < 1.29 is 5.11 Å². The number of aliphatic hydroxyl groups excluding tert-OH is 1. The number of hydrogen-bond acceptors (Lipinski definition) is 4. The zero-order chi connectivity index (χ0) is 12.9. The highest BCUT2D eigenvalue weighted by atomic mass is 32.2. The van der Waals surface area contributed by atoms with Gasteiger partial charge in [0.15, 0.2) is 0 Å². The van der Waals surface area contributed by atoms with Gasteiger partial charge < -0.3 is 15.3 Å². The van der Waals surface area contributed by atoms with Crippen LogP contribution in [0.3, 0.4) is 0 Å². The third-order valence-electron chi connectivity index (χ3n) is 3.20. The van der Waals surface area contributed by atoms with Crippen LogP contribution in [0.25, 0.3) is 0 Å². The van der Waals surface area contributed by atoms with Crippen LogP contribution in [-0.2, 0) is 0 Å². The van der Waals surface area contributed by atoms with E-state index in [1.165, 1.54) is 12.8 Å². The maximum absolute atomic E-state index is 9.98. The minimum atomic E-state index is -0.250. The van der Waals surface area contributed by atoms with Crippen molar-refractivity contribution in [3.63, 3.8) is 0 Å². The highest BCUT2D eigenvalue weighted by Gasteiger charge is 2.20. The quantitative estimate of drug-likeness (QED) is 0.786. The number of likely N-dealkylation sites (tertiary alicyclic amines) is 1. The Bertz CT molecular complexity index is 210. The number of nitrogens with zero attached hydrogens (tertiary/aromatic N) is 1. The number of rotatable bonds is 5. The van der Waals surface area contributed by atoms with Crippen LogP contribution in [-0.4, -0.2) is 59.3 Å². The molecule has 1 saturated heterocycles. The predicted molar refractivity (Wildman–Crippen MR) is 76.7 cm³/mol. The maximum Gasteiger partial charge on any atom is 0.0791 e. The van der Waals surface area contributed by atoms with Crippen molar-refractivity contribution in [2.75, 3.05) is 32.4 Å². The van der Waals surface area contributed by atoms with Gasteiger partial charge in [-0.25, -0.2) is 0 Å². The molecule has 0 spiro atoms. The maximum atomic E-state index is 9.98. The molecule has 0 amide bonds. The fourth-order valence-electron chi connectivity index (χ4n) is 2.11. The second-order valence-electron chi connectivity index (χ2n) is 6.02. The highest BCUT2D eigenvalue weighted by molar-refractivity contribution is 7.99. The van der Waals surface area contributed by atoms with E-state index in [2.05, 4.69) is 37.2 Å². The fraction of sp³-hybridized carbons (Fsp3) is 1.00. The summed E-state index contributed by atoms with van der Waals surface area (Å²) < 4.78 is 0. The van der Waals surface area contributed by atoms with Gasteiger partial charge in [0.25, 0.3) is 0 Å². The summed E-state index contributed by atoms with van der Waals surface area (Å²) in [5, 5.41) is 14.2. The number of hydrogen-bond donors (Lipinski definition) is 2. The second kappa shape index (κ2) is 6.98. The van der Waals surface area contributed by atoms with Gasteiger partial charge >= 0.3 is 0 Å². The normalized spacial score (nSPS) is 21.7. The van der Waals surface area contributed by atoms with Crippen molar-refractivity contribution in [2.45, 2.75) is 50.5 Å². The van der Waals surface area contributed by atoms with Crippen molar-refractivity contribution in [1.29, 1.82) is 0 Å². The molecule has 0 saturated carbocycles. The number of aliphatic hydroxyl groups is 1. The van der Waals surface area contributed by atoms with Gasteiger partial charge in [0.05, 0.1) is 6.10 Å². The van der Waals surface area contributed by atoms with Crippen molar-refractivity contribution >= 4 is 11.8 Å². The molecule has 0 bridgehead atoms. The first-order valence-electron chi connectivity index (χ1n) is 6.59. The van der Waals surface area contributed by atoms with Gasteiger partial charge in [-0.1, -0.05) is 0 Å². The van der Waals surface area contributed by atoms with E-state index >= 15 is 0 Å². The summed E-state index contributed by atoms with van der Waals surface area (Å²) >= 11 is 1.98. The summed E-state index contributed by atoms with van der Waals surface area (Å²) in [6.07, 6.45) is 4.48. The van der Waals surface area contributed by atoms with Gasteiger partial charge in [-0.05, 0) is 53.0 Å². The Balaban J connectivity index is 2.17. The number of nitrogens with one attached hydrogen (secondary N) is 1. The second-order valence-corrected chi connectivity index (χ2v) is 7.16. The lowest BCUT2D eigenvalue weighted by atomic mass is 10.1. The Kier molecular flexibility index (Phi) is 6.27. The molecule has 1 atom stereocenters. The molecule has 1 aliphatic heterocycles. The van der Waals surface area contributed by atoms with Gasteiger partial charge in [-0.15, -0.1) is 0 Å². The SMILES string of the molecule is CSC1CCN(CC(O)CNC(C)(C)C)CC1. The molecule has 3 nitrogen and oxygen atoms in total. The Morgan fingerprint density at radius 3 is 2.41 bits per heavy atom. The first-order valence-corrected chi connectivity index (χ1v) is 7.88. The van der Waals surface area contributed by atoms with Gasteiger partial charge in [0.1, 0.15) is 0 Å². The predicted octanol–water partition coefficient (Wildman–Crippen LogP) is 1.56. The van der Waals surface area contributed by atoms with Gasteiger partial charge in [0.2, 0.25) is 0 Å². The molecular weight excluding hydrogens is 232 g/mol. The smallest absolute Gasteiger partial charge is 0.0791 e. The van der Waals surface area contributed by atoms with E-state index in [1.807, 2.05) is 11.8 Å². The van der Waals surface area contributed by atoms with Crippen LogP contribution in [0.15, 0.2) is 0 Å². The Morgan fingerprint density at radius 2 is 1.94 bits per heavy atom. The van der Waals surface area contributed by atoms with Gasteiger partial charge in [0, 0.05) is 23.9 Å². The van der Waals surface area contributed by atoms with E-state index in [0.717, 1.165) is 24.9 Å². The summed E-state index contributed by atoms with van der Waals surface area (Å²) in [6.45, 7) is 10.2. The molecule has 1 unspecified atom stereocenters. The third kappa shape index (κ3) is 6.65. The molecule has 1 fully saturated rings. The molecule has 1 rings (SSSR count). The van der Waals surface area contributed by atoms with Crippen molar-refractivity contribution in [2.24, 2.45) is 0 Å². The number of piperidine rings is 1. The molecular formula is C13H28N2OS. The Morgan fingerprint density at radius 1 is 1.35 bits per heavy atom. The van der Waals surface area contributed by atoms with Gasteiger partial charge in [-0.2, -0.15) is 11.8 Å². The van der Waals surface area contributed by atoms with Crippen LogP contribution < -0.4 is 5.32 Å². The molecule has 17 heavy (non-hydrogen) atoms. The average Bonchev–Trinajstić information content (AvgIpc) is 2.27. The van der Waals surface area contributed by atoms with E-state index in [4.69, 9.17) is 0 Å². The Hall–Kier alpha value is 0.230. The van der Waals surface area contributed by atoms with Crippen LogP contribution in [0, 0.1) is 0 Å². The molecule has 102 valence electrons. The van der Waals surface area contributed by atoms with E-state index in [-0.39, 0.29) is 11.6 Å². The van der Waals surface area contributed by atoms with Crippen molar-refractivity contribution in [3.05, 3.63) is 0 Å². The van der Waals surface area contributed by atoms with E-state index in [1.54, 1.807) is 0 Å². The molecule has 1 heterocycles. The van der Waals surface area contributed by atoms with E-state index in [9.17, 15) is 5.11 Å². The topological polar surface area (TPSA) is 35.5 Å². The first kappa shape index (κ1) is 15.3. The lowest BCUT2D eigenvalue weighted by Gasteiger charge is -2.33.